The number of allylic oxidation sites excluding steroid dienone is 1. The molecule has 2 aromatic carbocycles. The van der Waals surface area contributed by atoms with Crippen molar-refractivity contribution in [2.45, 2.75) is 18.4 Å². The van der Waals surface area contributed by atoms with E-state index < -0.39 is 9.84 Å². The molecule has 1 heterocycles. The number of quaternary nitrogens is 1. The summed E-state index contributed by atoms with van der Waals surface area (Å²) >= 11 is 0. The van der Waals surface area contributed by atoms with Crippen molar-refractivity contribution in [2.24, 2.45) is 0 Å². The highest BCUT2D eigenvalue weighted by atomic mass is 32.2. The lowest BCUT2D eigenvalue weighted by molar-refractivity contribution is -0.917. The van der Waals surface area contributed by atoms with Gasteiger partial charge in [0.2, 0.25) is 9.84 Å². The van der Waals surface area contributed by atoms with Crippen LogP contribution < -0.4 is 4.90 Å². The molecule has 1 saturated heterocycles. The van der Waals surface area contributed by atoms with E-state index in [1.165, 1.54) is 16.7 Å². The Morgan fingerprint density at radius 1 is 1.11 bits per heavy atom. The molecule has 0 aliphatic carbocycles. The molecule has 2 aromatic rings. The van der Waals surface area contributed by atoms with Gasteiger partial charge in [-0.2, -0.15) is 5.26 Å². The van der Waals surface area contributed by atoms with E-state index in [0.29, 0.717) is 0 Å². The number of sulfone groups is 1. The van der Waals surface area contributed by atoms with Crippen LogP contribution in [0.15, 0.2) is 70.6 Å². The van der Waals surface area contributed by atoms with E-state index in [4.69, 9.17) is 0 Å². The highest BCUT2D eigenvalue weighted by molar-refractivity contribution is 7.95. The number of nitrogens with one attached hydrogen (secondary N) is 1. The first-order valence-electron chi connectivity index (χ1n) is 9.04. The third kappa shape index (κ3) is 4.76. The van der Waals surface area contributed by atoms with Crippen LogP contribution in [0.1, 0.15) is 11.1 Å². The number of hydrogen-bond acceptors (Lipinski definition) is 4. The molecule has 0 radical (unpaired) electrons. The molecular formula is C21H24N3O2S+. The van der Waals surface area contributed by atoms with E-state index in [0.717, 1.165) is 38.3 Å². The van der Waals surface area contributed by atoms with Crippen molar-refractivity contribution in [1.82, 2.24) is 4.90 Å². The first-order valence-corrected chi connectivity index (χ1v) is 10.5. The smallest absolute Gasteiger partial charge is 0.218 e. The molecule has 0 aromatic heterocycles. The molecular weight excluding hydrogens is 358 g/mol. The van der Waals surface area contributed by atoms with Gasteiger partial charge in [-0.1, -0.05) is 48.0 Å². The molecule has 0 spiro atoms. The van der Waals surface area contributed by atoms with Crippen molar-refractivity contribution in [1.29, 1.82) is 5.26 Å². The van der Waals surface area contributed by atoms with Crippen LogP contribution in [0.25, 0.3) is 0 Å². The van der Waals surface area contributed by atoms with Crippen LogP contribution in [-0.2, 0) is 16.4 Å². The zero-order chi connectivity index (χ0) is 19.3. The number of nitriles is 1. The summed E-state index contributed by atoms with van der Waals surface area (Å²) in [6.45, 7) is 6.15. The Morgan fingerprint density at radius 2 is 1.74 bits per heavy atom. The average molecular weight is 383 g/mol. The summed E-state index contributed by atoms with van der Waals surface area (Å²) in [7, 11) is -3.78. The maximum Gasteiger partial charge on any atom is 0.218 e. The second-order valence-electron chi connectivity index (χ2n) is 6.87. The minimum Gasteiger partial charge on any atom is -0.364 e. The highest BCUT2D eigenvalue weighted by Gasteiger charge is 2.24. The molecule has 6 heteroatoms. The van der Waals surface area contributed by atoms with Crippen molar-refractivity contribution >= 4 is 9.84 Å². The molecule has 0 atom stereocenters. The minimum atomic E-state index is -3.78. The van der Waals surface area contributed by atoms with Crippen molar-refractivity contribution in [3.8, 4) is 6.07 Å². The Balaban J connectivity index is 1.67. The van der Waals surface area contributed by atoms with Gasteiger partial charge in [0.05, 0.1) is 31.1 Å². The normalized spacial score (nSPS) is 16.1. The summed E-state index contributed by atoms with van der Waals surface area (Å²) in [6, 6.07) is 18.8. The van der Waals surface area contributed by atoms with Crippen LogP contribution in [0.4, 0.5) is 0 Å². The zero-order valence-electron chi connectivity index (χ0n) is 15.4. The molecule has 1 aliphatic rings. The van der Waals surface area contributed by atoms with Gasteiger partial charge in [0.25, 0.3) is 0 Å². The van der Waals surface area contributed by atoms with Crippen LogP contribution in [-0.4, -0.2) is 39.5 Å². The number of hydrogen-bond donors (Lipinski definition) is 1. The van der Waals surface area contributed by atoms with Crippen LogP contribution in [0.5, 0.6) is 0 Å². The number of nitrogens with zero attached hydrogens (tertiary/aromatic N) is 2. The Bertz CT molecular complexity index is 937. The Hall–Kier alpha value is -2.62. The van der Waals surface area contributed by atoms with Crippen LogP contribution >= 0.6 is 0 Å². The number of piperazine rings is 1. The zero-order valence-corrected chi connectivity index (χ0v) is 16.2. The standard InChI is InChI=1S/C21H23N3O2S/c1-18-7-9-20(10-8-18)27(25,26)21(15-22)17-24-13-11-23(12-14-24)16-19-5-3-2-4-6-19/h2-10,17H,11-14,16H2,1H3/p+1/b21-17+. The van der Waals surface area contributed by atoms with Gasteiger partial charge in [0.15, 0.2) is 4.91 Å². The third-order valence-corrected chi connectivity index (χ3v) is 6.50. The average Bonchev–Trinajstić information content (AvgIpc) is 2.68. The predicted octanol–water partition coefficient (Wildman–Crippen LogP) is 1.53. The van der Waals surface area contributed by atoms with Gasteiger partial charge < -0.3 is 9.80 Å². The second kappa shape index (κ2) is 8.38. The van der Waals surface area contributed by atoms with Gasteiger partial charge in [-0.15, -0.1) is 0 Å². The van der Waals surface area contributed by atoms with Gasteiger partial charge in [-0.05, 0) is 19.1 Å². The largest absolute Gasteiger partial charge is 0.364 e. The first kappa shape index (κ1) is 19.2. The molecule has 5 nitrogen and oxygen atoms in total. The Morgan fingerprint density at radius 3 is 2.33 bits per heavy atom. The fraction of sp³-hybridized carbons (Fsp3) is 0.286. The van der Waals surface area contributed by atoms with E-state index in [9.17, 15) is 13.7 Å². The van der Waals surface area contributed by atoms with Gasteiger partial charge in [0, 0.05) is 11.8 Å². The van der Waals surface area contributed by atoms with E-state index in [1.807, 2.05) is 36.1 Å². The summed E-state index contributed by atoms with van der Waals surface area (Å²) in [4.78, 5) is 3.37. The van der Waals surface area contributed by atoms with E-state index in [2.05, 4.69) is 12.1 Å². The van der Waals surface area contributed by atoms with E-state index in [-0.39, 0.29) is 9.80 Å². The predicted molar refractivity (Wildman–Crippen MR) is 104 cm³/mol. The lowest BCUT2D eigenvalue weighted by atomic mass is 10.2. The molecule has 0 amide bonds. The molecule has 0 bridgehead atoms. The summed E-state index contributed by atoms with van der Waals surface area (Å²) < 4.78 is 25.5. The second-order valence-corrected chi connectivity index (χ2v) is 8.79. The van der Waals surface area contributed by atoms with Crippen LogP contribution in [0.2, 0.25) is 0 Å². The Labute approximate surface area is 161 Å². The summed E-state index contributed by atoms with van der Waals surface area (Å²) in [5.41, 5.74) is 2.28. The maximum atomic E-state index is 12.7. The number of aryl methyl sites for hydroxylation is 1. The molecule has 1 fully saturated rings. The van der Waals surface area contributed by atoms with Gasteiger partial charge in [-0.25, -0.2) is 8.42 Å². The van der Waals surface area contributed by atoms with Crippen molar-refractivity contribution in [2.75, 3.05) is 26.2 Å². The molecule has 0 saturated carbocycles. The molecule has 1 N–H and O–H groups in total. The lowest BCUT2D eigenvalue weighted by Gasteiger charge is -2.31. The number of rotatable bonds is 5. The Kier molecular flexibility index (Phi) is 5.94. The minimum absolute atomic E-state index is 0.161. The van der Waals surface area contributed by atoms with Crippen LogP contribution in [0.3, 0.4) is 0 Å². The van der Waals surface area contributed by atoms with Gasteiger partial charge in [0.1, 0.15) is 12.6 Å². The summed E-state index contributed by atoms with van der Waals surface area (Å²) in [5, 5.41) is 9.43. The molecule has 1 aliphatic heterocycles. The molecule has 3 rings (SSSR count). The van der Waals surface area contributed by atoms with Crippen molar-refractivity contribution in [3.05, 3.63) is 76.8 Å². The van der Waals surface area contributed by atoms with E-state index >= 15 is 0 Å². The molecule has 140 valence electrons. The van der Waals surface area contributed by atoms with E-state index in [1.54, 1.807) is 24.3 Å². The third-order valence-electron chi connectivity index (χ3n) is 4.83. The van der Waals surface area contributed by atoms with Crippen LogP contribution in [0, 0.1) is 18.3 Å². The van der Waals surface area contributed by atoms with Gasteiger partial charge >= 0.3 is 0 Å². The maximum absolute atomic E-state index is 12.7. The van der Waals surface area contributed by atoms with Crippen molar-refractivity contribution in [3.63, 3.8) is 0 Å². The summed E-state index contributed by atoms with van der Waals surface area (Å²) in [5.74, 6) is 0. The quantitative estimate of drug-likeness (QED) is 0.797. The van der Waals surface area contributed by atoms with Gasteiger partial charge in [-0.3, -0.25) is 0 Å². The van der Waals surface area contributed by atoms with Crippen molar-refractivity contribution < 1.29 is 13.3 Å². The topological polar surface area (TPSA) is 65.6 Å². The summed E-state index contributed by atoms with van der Waals surface area (Å²) in [6.07, 6.45) is 1.51. The first-order chi connectivity index (χ1) is 13.0. The monoisotopic (exact) mass is 382 g/mol. The molecule has 0 unspecified atom stereocenters. The SMILES string of the molecule is Cc1ccc(S(=O)(=O)/C(C#N)=C/N2CC[NH+](Cc3ccccc3)CC2)cc1. The number of benzene rings is 2. The molecule has 27 heavy (non-hydrogen) atoms. The fourth-order valence-corrected chi connectivity index (χ4v) is 4.36. The highest BCUT2D eigenvalue weighted by Crippen LogP contribution is 2.19. The lowest BCUT2D eigenvalue weighted by Crippen LogP contribution is -3.13. The fourth-order valence-electron chi connectivity index (χ4n) is 3.20.